The summed E-state index contributed by atoms with van der Waals surface area (Å²) in [5.41, 5.74) is 6.65. The molecule has 5 rings (SSSR count). The van der Waals surface area contributed by atoms with E-state index in [0.717, 1.165) is 27.9 Å². The van der Waals surface area contributed by atoms with Gasteiger partial charge in [-0.3, -0.25) is 4.79 Å². The maximum atomic E-state index is 12.8. The number of carbonyl (C=O) groups excluding carboxylic acids is 1. The van der Waals surface area contributed by atoms with Gasteiger partial charge in [-0.15, -0.1) is 10.2 Å². The van der Waals surface area contributed by atoms with Gasteiger partial charge in [0, 0.05) is 16.3 Å². The summed E-state index contributed by atoms with van der Waals surface area (Å²) < 4.78 is 0. The van der Waals surface area contributed by atoms with E-state index >= 15 is 0 Å². The Balaban J connectivity index is 1.39. The van der Waals surface area contributed by atoms with Gasteiger partial charge in [0.1, 0.15) is 11.0 Å². The number of amides is 1. The Kier molecular flexibility index (Phi) is 5.17. The lowest BCUT2D eigenvalue weighted by molar-refractivity contribution is 0.102. The average Bonchev–Trinajstić information content (AvgIpc) is 3.23. The van der Waals surface area contributed by atoms with E-state index in [9.17, 15) is 4.79 Å². The molecule has 0 fully saturated rings. The van der Waals surface area contributed by atoms with Crippen molar-refractivity contribution in [1.29, 1.82) is 0 Å². The first-order valence-corrected chi connectivity index (χ1v) is 10.6. The molecule has 0 saturated heterocycles. The lowest BCUT2D eigenvalue weighted by Gasteiger charge is -2.09. The fourth-order valence-electron chi connectivity index (χ4n) is 3.53. The zero-order valence-corrected chi connectivity index (χ0v) is 18.0. The molecule has 0 aliphatic carbocycles. The van der Waals surface area contributed by atoms with Crippen LogP contribution in [0.1, 0.15) is 15.9 Å². The van der Waals surface area contributed by atoms with Gasteiger partial charge in [0.2, 0.25) is 0 Å². The number of aryl methyl sites for hydroxylation is 1. The second kappa shape index (κ2) is 8.29. The van der Waals surface area contributed by atoms with Crippen molar-refractivity contribution in [2.24, 2.45) is 0 Å². The Labute approximate surface area is 190 Å². The summed E-state index contributed by atoms with van der Waals surface area (Å²) in [6.07, 6.45) is 0. The summed E-state index contributed by atoms with van der Waals surface area (Å²) in [7, 11) is 0. The lowest BCUT2D eigenvalue weighted by atomic mass is 10.0. The Hall–Kier alpha value is -3.96. The van der Waals surface area contributed by atoms with Crippen LogP contribution < -0.4 is 5.32 Å². The Morgan fingerprint density at radius 1 is 0.812 bits per heavy atom. The molecule has 4 aromatic carbocycles. The number of nitrogens with one attached hydrogen (secondary N) is 1. The van der Waals surface area contributed by atoms with Crippen molar-refractivity contribution in [2.75, 3.05) is 5.32 Å². The molecule has 0 unspecified atom stereocenters. The number of anilines is 1. The van der Waals surface area contributed by atoms with E-state index in [-0.39, 0.29) is 5.91 Å². The molecule has 5 aromatic rings. The number of hydrogen-bond donors (Lipinski definition) is 1. The molecule has 0 spiro atoms. The summed E-state index contributed by atoms with van der Waals surface area (Å²) in [4.78, 5) is 14.4. The van der Waals surface area contributed by atoms with Crippen LogP contribution in [0.4, 0.5) is 5.69 Å². The number of nitrogens with zero attached hydrogens (tertiary/aromatic N) is 3. The first kappa shape index (κ1) is 20.0. The fourth-order valence-corrected chi connectivity index (χ4v) is 3.66. The number of halogens is 1. The van der Waals surface area contributed by atoms with Gasteiger partial charge >= 0.3 is 0 Å². The molecule has 1 aromatic heterocycles. The molecule has 0 bridgehead atoms. The third kappa shape index (κ3) is 3.98. The van der Waals surface area contributed by atoms with Crippen molar-refractivity contribution >= 4 is 34.2 Å². The van der Waals surface area contributed by atoms with Crippen molar-refractivity contribution in [3.05, 3.63) is 107 Å². The third-order valence-electron chi connectivity index (χ3n) is 5.29. The van der Waals surface area contributed by atoms with E-state index in [1.807, 2.05) is 85.8 Å². The molecule has 0 radical (unpaired) electrons. The van der Waals surface area contributed by atoms with E-state index in [2.05, 4.69) is 15.5 Å². The predicted octanol–water partition coefficient (Wildman–Crippen LogP) is 6.30. The van der Waals surface area contributed by atoms with E-state index < -0.39 is 0 Å². The SMILES string of the molecule is Cc1cc2nn(-c3ccc(Cl)cc3)nc2cc1NC(=O)c1ccc(-c2ccccc2)cc1. The van der Waals surface area contributed by atoms with Gasteiger partial charge in [0.05, 0.1) is 5.69 Å². The van der Waals surface area contributed by atoms with Crippen LogP contribution in [-0.4, -0.2) is 20.9 Å². The van der Waals surface area contributed by atoms with E-state index in [4.69, 9.17) is 11.6 Å². The first-order valence-electron chi connectivity index (χ1n) is 10.2. The van der Waals surface area contributed by atoms with Crippen molar-refractivity contribution in [3.8, 4) is 16.8 Å². The molecule has 1 amide bonds. The van der Waals surface area contributed by atoms with Gasteiger partial charge in [0.25, 0.3) is 5.91 Å². The Morgan fingerprint density at radius 2 is 1.44 bits per heavy atom. The Morgan fingerprint density at radius 3 is 2.12 bits per heavy atom. The highest BCUT2D eigenvalue weighted by molar-refractivity contribution is 6.30. The average molecular weight is 439 g/mol. The minimum atomic E-state index is -0.169. The maximum Gasteiger partial charge on any atom is 0.255 e. The quantitative estimate of drug-likeness (QED) is 0.358. The highest BCUT2D eigenvalue weighted by atomic mass is 35.5. The largest absolute Gasteiger partial charge is 0.322 e. The molecule has 6 heteroatoms. The molecule has 5 nitrogen and oxygen atoms in total. The van der Waals surface area contributed by atoms with Crippen LogP contribution in [0, 0.1) is 6.92 Å². The number of hydrogen-bond acceptors (Lipinski definition) is 3. The van der Waals surface area contributed by atoms with Gasteiger partial charge in [0.15, 0.2) is 0 Å². The van der Waals surface area contributed by atoms with Gasteiger partial charge in [-0.2, -0.15) is 4.80 Å². The van der Waals surface area contributed by atoms with Crippen LogP contribution in [0.15, 0.2) is 91.0 Å². The number of aromatic nitrogens is 3. The predicted molar refractivity (Wildman–Crippen MR) is 128 cm³/mol. The molecule has 1 heterocycles. The molecule has 0 atom stereocenters. The first-order chi connectivity index (χ1) is 15.6. The molecular weight excluding hydrogens is 420 g/mol. The van der Waals surface area contributed by atoms with Gasteiger partial charge in [-0.1, -0.05) is 54.1 Å². The second-order valence-corrected chi connectivity index (χ2v) is 7.96. The molecule has 0 aliphatic rings. The maximum absolute atomic E-state index is 12.8. The number of carbonyl (C=O) groups is 1. The molecule has 156 valence electrons. The second-order valence-electron chi connectivity index (χ2n) is 7.52. The third-order valence-corrected chi connectivity index (χ3v) is 5.54. The summed E-state index contributed by atoms with van der Waals surface area (Å²) in [6, 6.07) is 28.7. The summed E-state index contributed by atoms with van der Waals surface area (Å²) in [5, 5.41) is 12.7. The normalized spacial score (nSPS) is 10.9. The van der Waals surface area contributed by atoms with Crippen LogP contribution in [0.5, 0.6) is 0 Å². The van der Waals surface area contributed by atoms with Crippen molar-refractivity contribution in [3.63, 3.8) is 0 Å². The highest BCUT2D eigenvalue weighted by Gasteiger charge is 2.12. The van der Waals surface area contributed by atoms with Crippen molar-refractivity contribution in [1.82, 2.24) is 15.0 Å². The Bertz CT molecular complexity index is 1410. The van der Waals surface area contributed by atoms with Crippen LogP contribution in [0.25, 0.3) is 27.8 Å². The van der Waals surface area contributed by atoms with E-state index in [1.54, 1.807) is 16.9 Å². The molecule has 0 aliphatic heterocycles. The fraction of sp³-hybridized carbons (Fsp3) is 0.0385. The van der Waals surface area contributed by atoms with Crippen LogP contribution in [0.2, 0.25) is 5.02 Å². The summed E-state index contributed by atoms with van der Waals surface area (Å²) in [6.45, 7) is 1.94. The number of benzene rings is 4. The lowest BCUT2D eigenvalue weighted by Crippen LogP contribution is -2.12. The van der Waals surface area contributed by atoms with Crippen LogP contribution in [0.3, 0.4) is 0 Å². The minimum absolute atomic E-state index is 0.169. The van der Waals surface area contributed by atoms with Crippen LogP contribution >= 0.6 is 11.6 Å². The van der Waals surface area contributed by atoms with Crippen molar-refractivity contribution in [2.45, 2.75) is 6.92 Å². The van der Waals surface area contributed by atoms with Gasteiger partial charge in [-0.05, 0) is 72.1 Å². The monoisotopic (exact) mass is 438 g/mol. The van der Waals surface area contributed by atoms with E-state index in [0.29, 0.717) is 21.8 Å². The minimum Gasteiger partial charge on any atom is -0.322 e. The van der Waals surface area contributed by atoms with E-state index in [1.165, 1.54) is 0 Å². The summed E-state index contributed by atoms with van der Waals surface area (Å²) >= 11 is 5.97. The molecule has 1 N–H and O–H groups in total. The highest BCUT2D eigenvalue weighted by Crippen LogP contribution is 2.24. The molecule has 0 saturated carbocycles. The zero-order valence-electron chi connectivity index (χ0n) is 17.3. The van der Waals surface area contributed by atoms with Crippen LogP contribution in [-0.2, 0) is 0 Å². The smallest absolute Gasteiger partial charge is 0.255 e. The van der Waals surface area contributed by atoms with Gasteiger partial charge < -0.3 is 5.32 Å². The van der Waals surface area contributed by atoms with Crippen molar-refractivity contribution < 1.29 is 4.79 Å². The number of fused-ring (bicyclic) bond motifs is 1. The van der Waals surface area contributed by atoms with Gasteiger partial charge in [-0.25, -0.2) is 0 Å². The molecular formula is C26H19ClN4O. The standard InChI is InChI=1S/C26H19ClN4O/c1-17-15-24-25(30-31(29-24)22-13-11-21(27)12-14-22)16-23(17)28-26(32)20-9-7-19(8-10-20)18-5-3-2-4-6-18/h2-16H,1H3,(H,28,32). The molecule has 32 heavy (non-hydrogen) atoms. The zero-order chi connectivity index (χ0) is 22.1. The topological polar surface area (TPSA) is 59.8 Å². The number of rotatable bonds is 4. The summed E-state index contributed by atoms with van der Waals surface area (Å²) in [5.74, 6) is -0.169.